The Kier molecular flexibility index (Phi) is 2.60. The zero-order valence-corrected chi connectivity index (χ0v) is 8.99. The van der Waals surface area contributed by atoms with Crippen LogP contribution in [0.1, 0.15) is 5.56 Å². The van der Waals surface area contributed by atoms with Crippen LogP contribution in [0.4, 0.5) is 0 Å². The molecule has 2 N–H and O–H groups in total. The van der Waals surface area contributed by atoms with Crippen molar-refractivity contribution in [2.24, 2.45) is 0 Å². The van der Waals surface area contributed by atoms with Crippen LogP contribution in [0.2, 0.25) is 0 Å². The Bertz CT molecular complexity index is 462. The Morgan fingerprint density at radius 2 is 2.20 bits per heavy atom. The number of likely N-dealkylation sites (N-methyl/N-ethyl adjacent to an activating group) is 1. The summed E-state index contributed by atoms with van der Waals surface area (Å²) in [6.07, 6.45) is 2.55. The fourth-order valence-electron chi connectivity index (χ4n) is 1.62. The van der Waals surface area contributed by atoms with Gasteiger partial charge in [0.25, 0.3) is 0 Å². The van der Waals surface area contributed by atoms with Crippen molar-refractivity contribution in [1.82, 2.24) is 14.9 Å². The number of benzene rings is 1. The first kappa shape index (κ1) is 9.98. The van der Waals surface area contributed by atoms with Crippen molar-refractivity contribution >= 4 is 11.0 Å². The average Bonchev–Trinajstić information content (AvgIpc) is 2.66. The molecule has 4 heteroatoms. The number of rotatable bonds is 3. The van der Waals surface area contributed by atoms with Crippen molar-refractivity contribution in [3.8, 4) is 5.75 Å². The lowest BCUT2D eigenvalue weighted by Gasteiger charge is -2.09. The minimum atomic E-state index is 0.260. The zero-order chi connectivity index (χ0) is 10.8. The molecule has 80 valence electrons. The van der Waals surface area contributed by atoms with Crippen LogP contribution in [0.3, 0.4) is 0 Å². The number of aromatic hydroxyl groups is 1. The van der Waals surface area contributed by atoms with Crippen molar-refractivity contribution in [3.05, 3.63) is 24.0 Å². The van der Waals surface area contributed by atoms with Gasteiger partial charge in [0.1, 0.15) is 11.3 Å². The predicted molar refractivity (Wildman–Crippen MR) is 60.0 cm³/mol. The van der Waals surface area contributed by atoms with Gasteiger partial charge in [0.05, 0.1) is 11.8 Å². The SMILES string of the molecule is CN(C)CCc1ccc(O)c2[nH]cnc12. The van der Waals surface area contributed by atoms with Gasteiger partial charge in [-0.05, 0) is 32.1 Å². The fourth-order valence-corrected chi connectivity index (χ4v) is 1.62. The quantitative estimate of drug-likeness (QED) is 0.795. The van der Waals surface area contributed by atoms with Crippen LogP contribution >= 0.6 is 0 Å². The van der Waals surface area contributed by atoms with E-state index in [9.17, 15) is 5.11 Å². The second-order valence-electron chi connectivity index (χ2n) is 3.92. The highest BCUT2D eigenvalue weighted by atomic mass is 16.3. The third kappa shape index (κ3) is 1.94. The van der Waals surface area contributed by atoms with E-state index in [0.29, 0.717) is 0 Å². The summed E-state index contributed by atoms with van der Waals surface area (Å²) in [5.41, 5.74) is 2.76. The molecule has 15 heavy (non-hydrogen) atoms. The standard InChI is InChI=1S/C11H15N3O/c1-14(2)6-5-8-3-4-9(15)11-10(8)12-7-13-11/h3-4,7,15H,5-6H2,1-2H3,(H,12,13). The lowest BCUT2D eigenvalue weighted by molar-refractivity contribution is 0.414. The van der Waals surface area contributed by atoms with Gasteiger partial charge in [-0.1, -0.05) is 6.07 Å². The smallest absolute Gasteiger partial charge is 0.141 e. The number of phenols is 1. The Labute approximate surface area is 88.6 Å². The number of aromatic nitrogens is 2. The molecule has 0 amide bonds. The number of nitrogens with zero attached hydrogens (tertiary/aromatic N) is 2. The van der Waals surface area contributed by atoms with Crippen LogP contribution in [-0.2, 0) is 6.42 Å². The van der Waals surface area contributed by atoms with Crippen LogP contribution in [-0.4, -0.2) is 40.6 Å². The Morgan fingerprint density at radius 1 is 1.40 bits per heavy atom. The van der Waals surface area contributed by atoms with Crippen molar-refractivity contribution in [3.63, 3.8) is 0 Å². The molecule has 0 aliphatic rings. The van der Waals surface area contributed by atoms with Gasteiger partial charge in [0.15, 0.2) is 0 Å². The maximum atomic E-state index is 9.58. The summed E-state index contributed by atoms with van der Waals surface area (Å²) in [5.74, 6) is 0.260. The summed E-state index contributed by atoms with van der Waals surface area (Å²) in [5, 5.41) is 9.58. The summed E-state index contributed by atoms with van der Waals surface area (Å²) in [4.78, 5) is 9.29. The molecule has 1 aromatic heterocycles. The summed E-state index contributed by atoms with van der Waals surface area (Å²) in [6.45, 7) is 0.979. The van der Waals surface area contributed by atoms with E-state index in [2.05, 4.69) is 14.9 Å². The van der Waals surface area contributed by atoms with Gasteiger partial charge in [0.2, 0.25) is 0 Å². The Morgan fingerprint density at radius 3 is 2.93 bits per heavy atom. The first-order chi connectivity index (χ1) is 7.18. The van der Waals surface area contributed by atoms with E-state index in [1.807, 2.05) is 20.2 Å². The molecule has 0 fully saturated rings. The summed E-state index contributed by atoms with van der Waals surface area (Å²) < 4.78 is 0. The largest absolute Gasteiger partial charge is 0.506 e. The molecule has 0 unspecified atom stereocenters. The van der Waals surface area contributed by atoms with E-state index >= 15 is 0 Å². The van der Waals surface area contributed by atoms with Gasteiger partial charge in [-0.2, -0.15) is 0 Å². The number of aromatic amines is 1. The van der Waals surface area contributed by atoms with E-state index in [0.717, 1.165) is 29.6 Å². The molecule has 0 aliphatic heterocycles. The molecule has 0 aliphatic carbocycles. The number of phenolic OH excluding ortho intramolecular Hbond substituents is 1. The van der Waals surface area contributed by atoms with Gasteiger partial charge in [-0.15, -0.1) is 0 Å². The third-order valence-corrected chi connectivity index (χ3v) is 2.47. The minimum absolute atomic E-state index is 0.260. The third-order valence-electron chi connectivity index (χ3n) is 2.47. The molecule has 0 saturated carbocycles. The highest BCUT2D eigenvalue weighted by Gasteiger charge is 2.07. The number of fused-ring (bicyclic) bond motifs is 1. The molecule has 0 saturated heterocycles. The topological polar surface area (TPSA) is 52.1 Å². The lowest BCUT2D eigenvalue weighted by Crippen LogP contribution is -2.15. The van der Waals surface area contributed by atoms with Gasteiger partial charge < -0.3 is 15.0 Å². The monoisotopic (exact) mass is 205 g/mol. The fraction of sp³-hybridized carbons (Fsp3) is 0.364. The molecule has 1 heterocycles. The first-order valence-corrected chi connectivity index (χ1v) is 4.97. The number of nitrogens with one attached hydrogen (secondary N) is 1. The number of hydrogen-bond acceptors (Lipinski definition) is 3. The van der Waals surface area contributed by atoms with Gasteiger partial charge in [-0.25, -0.2) is 4.98 Å². The highest BCUT2D eigenvalue weighted by molar-refractivity contribution is 5.83. The number of hydrogen-bond donors (Lipinski definition) is 2. The number of imidazole rings is 1. The average molecular weight is 205 g/mol. The number of H-pyrrole nitrogens is 1. The molecule has 0 atom stereocenters. The summed E-state index contributed by atoms with van der Waals surface area (Å²) in [7, 11) is 4.09. The molecular formula is C11H15N3O. The molecule has 1 aromatic carbocycles. The second-order valence-corrected chi connectivity index (χ2v) is 3.92. The lowest BCUT2D eigenvalue weighted by atomic mass is 10.1. The van der Waals surface area contributed by atoms with Crippen LogP contribution in [0, 0.1) is 0 Å². The first-order valence-electron chi connectivity index (χ1n) is 4.97. The minimum Gasteiger partial charge on any atom is -0.506 e. The van der Waals surface area contributed by atoms with Crippen molar-refractivity contribution in [1.29, 1.82) is 0 Å². The molecular weight excluding hydrogens is 190 g/mol. The summed E-state index contributed by atoms with van der Waals surface area (Å²) >= 11 is 0. The highest BCUT2D eigenvalue weighted by Crippen LogP contribution is 2.24. The zero-order valence-electron chi connectivity index (χ0n) is 8.99. The maximum absolute atomic E-state index is 9.58. The van der Waals surface area contributed by atoms with Crippen LogP contribution in [0.25, 0.3) is 11.0 Å². The van der Waals surface area contributed by atoms with E-state index in [1.165, 1.54) is 0 Å². The molecule has 2 rings (SSSR count). The van der Waals surface area contributed by atoms with E-state index < -0.39 is 0 Å². The molecule has 0 spiro atoms. The van der Waals surface area contributed by atoms with Gasteiger partial charge in [0, 0.05) is 6.54 Å². The predicted octanol–water partition coefficient (Wildman–Crippen LogP) is 1.37. The summed E-state index contributed by atoms with van der Waals surface area (Å²) in [6, 6.07) is 3.65. The van der Waals surface area contributed by atoms with Crippen LogP contribution in [0.5, 0.6) is 5.75 Å². The maximum Gasteiger partial charge on any atom is 0.141 e. The van der Waals surface area contributed by atoms with Gasteiger partial charge in [-0.3, -0.25) is 0 Å². The van der Waals surface area contributed by atoms with E-state index in [1.54, 1.807) is 12.4 Å². The normalized spacial score (nSPS) is 11.4. The molecule has 0 bridgehead atoms. The van der Waals surface area contributed by atoms with E-state index in [-0.39, 0.29) is 5.75 Å². The van der Waals surface area contributed by atoms with Crippen molar-refractivity contribution in [2.75, 3.05) is 20.6 Å². The molecule has 2 aromatic rings. The Balaban J connectivity index is 2.35. The van der Waals surface area contributed by atoms with Crippen molar-refractivity contribution < 1.29 is 5.11 Å². The van der Waals surface area contributed by atoms with E-state index in [4.69, 9.17) is 0 Å². The second kappa shape index (κ2) is 3.90. The Hall–Kier alpha value is -1.55. The molecule has 0 radical (unpaired) electrons. The van der Waals surface area contributed by atoms with Crippen LogP contribution < -0.4 is 0 Å². The molecule has 4 nitrogen and oxygen atoms in total. The van der Waals surface area contributed by atoms with Crippen LogP contribution in [0.15, 0.2) is 18.5 Å². The van der Waals surface area contributed by atoms with Gasteiger partial charge >= 0.3 is 0 Å². The van der Waals surface area contributed by atoms with Crippen molar-refractivity contribution in [2.45, 2.75) is 6.42 Å².